The monoisotopic (exact) mass is 532 g/mol. The summed E-state index contributed by atoms with van der Waals surface area (Å²) in [7, 11) is 0. The summed E-state index contributed by atoms with van der Waals surface area (Å²) in [5.41, 5.74) is 2.83. The molecule has 1 aliphatic carbocycles. The van der Waals surface area contributed by atoms with Gasteiger partial charge in [0.2, 0.25) is 0 Å². The maximum absolute atomic E-state index is 11.1. The summed E-state index contributed by atoms with van der Waals surface area (Å²) in [5.74, 6) is 1.52. The molecule has 3 atom stereocenters. The molecule has 2 aliphatic rings. The molecule has 0 bridgehead atoms. The first-order valence-corrected chi connectivity index (χ1v) is 13.1. The Labute approximate surface area is 226 Å². The van der Waals surface area contributed by atoms with Crippen molar-refractivity contribution in [1.29, 1.82) is 0 Å². The van der Waals surface area contributed by atoms with Crippen LogP contribution in [0.25, 0.3) is 0 Å². The first kappa shape index (κ1) is 26.6. The molecule has 5 rings (SSSR count). The molecule has 1 heterocycles. The van der Waals surface area contributed by atoms with E-state index >= 15 is 0 Å². The molecule has 1 fully saturated rings. The van der Waals surface area contributed by atoms with Crippen molar-refractivity contribution in [2.24, 2.45) is 11.3 Å². The van der Waals surface area contributed by atoms with Crippen molar-refractivity contribution in [2.45, 2.75) is 64.8 Å². The van der Waals surface area contributed by atoms with Crippen molar-refractivity contribution in [3.63, 3.8) is 0 Å². The van der Waals surface area contributed by atoms with E-state index in [4.69, 9.17) is 9.47 Å². The molecule has 0 amide bonds. The average Bonchev–Trinajstić information content (AvgIpc) is 2.91. The molecule has 0 radical (unpaired) electrons. The van der Waals surface area contributed by atoms with Gasteiger partial charge in [0, 0.05) is 42.2 Å². The lowest BCUT2D eigenvalue weighted by Crippen LogP contribution is -2.58. The summed E-state index contributed by atoms with van der Waals surface area (Å²) < 4.78 is 13.1. The lowest BCUT2D eigenvalue weighted by molar-refractivity contribution is -0.385. The number of benzene rings is 3. The first-order valence-electron chi connectivity index (χ1n) is 13.1. The van der Waals surface area contributed by atoms with Crippen LogP contribution in [0.15, 0.2) is 60.7 Å². The summed E-state index contributed by atoms with van der Waals surface area (Å²) in [4.78, 5) is 21.3. The minimum atomic E-state index is -0.461. The highest BCUT2D eigenvalue weighted by atomic mass is 16.6. The van der Waals surface area contributed by atoms with Crippen LogP contribution in [0, 0.1) is 31.6 Å². The van der Waals surface area contributed by atoms with Crippen molar-refractivity contribution in [1.82, 2.24) is 0 Å². The molecule has 1 saturated carbocycles. The number of aliphatic hydroxyl groups excluding tert-OH is 1. The van der Waals surface area contributed by atoms with E-state index < -0.39 is 21.6 Å². The zero-order valence-corrected chi connectivity index (χ0v) is 22.3. The SMILES string of the molecule is CC1(C)[C@H](O)CC[C@@]2(C)Oc3c(ccc(OCc4ccc([N+](=O)[O-])cc4)c3Cc3ccc([N+](=O)[O-])cc3)C[C@H]12. The zero-order valence-electron chi connectivity index (χ0n) is 22.3. The van der Waals surface area contributed by atoms with Gasteiger partial charge in [-0.25, -0.2) is 0 Å². The lowest BCUT2D eigenvalue weighted by atomic mass is 9.57. The van der Waals surface area contributed by atoms with Gasteiger partial charge in [0.25, 0.3) is 11.4 Å². The molecule has 0 aromatic heterocycles. The maximum Gasteiger partial charge on any atom is 0.269 e. The fourth-order valence-corrected chi connectivity index (χ4v) is 6.11. The Bertz CT molecular complexity index is 1400. The van der Waals surface area contributed by atoms with E-state index in [0.29, 0.717) is 18.6 Å². The van der Waals surface area contributed by atoms with Crippen LogP contribution in [0.4, 0.5) is 11.4 Å². The number of non-ortho nitro benzene ring substituents is 2. The van der Waals surface area contributed by atoms with Crippen molar-refractivity contribution in [2.75, 3.05) is 0 Å². The maximum atomic E-state index is 11.1. The van der Waals surface area contributed by atoms with Crippen molar-refractivity contribution >= 4 is 11.4 Å². The van der Waals surface area contributed by atoms with E-state index in [1.807, 2.05) is 12.1 Å². The van der Waals surface area contributed by atoms with Crippen LogP contribution >= 0.6 is 0 Å². The Morgan fingerprint density at radius 2 is 1.51 bits per heavy atom. The summed E-state index contributed by atoms with van der Waals surface area (Å²) in [6.07, 6.45) is 2.19. The van der Waals surface area contributed by atoms with Gasteiger partial charge in [0.05, 0.1) is 16.0 Å². The molecule has 1 N–H and O–H groups in total. The van der Waals surface area contributed by atoms with Gasteiger partial charge in [0.15, 0.2) is 0 Å². The molecule has 0 spiro atoms. The number of nitro benzene ring substituents is 2. The van der Waals surface area contributed by atoms with Crippen molar-refractivity contribution in [3.05, 3.63) is 103 Å². The molecule has 204 valence electrons. The minimum Gasteiger partial charge on any atom is -0.488 e. The topological polar surface area (TPSA) is 125 Å². The van der Waals surface area contributed by atoms with Crippen LogP contribution in [0.3, 0.4) is 0 Å². The van der Waals surface area contributed by atoms with Crippen molar-refractivity contribution < 1.29 is 24.4 Å². The fourth-order valence-electron chi connectivity index (χ4n) is 6.11. The predicted molar refractivity (Wildman–Crippen MR) is 145 cm³/mol. The van der Waals surface area contributed by atoms with Crippen LogP contribution in [-0.4, -0.2) is 26.7 Å². The van der Waals surface area contributed by atoms with E-state index in [1.165, 1.54) is 24.3 Å². The van der Waals surface area contributed by atoms with Crippen LogP contribution < -0.4 is 9.47 Å². The Morgan fingerprint density at radius 1 is 0.923 bits per heavy atom. The largest absolute Gasteiger partial charge is 0.488 e. The fraction of sp³-hybridized carbons (Fsp3) is 0.400. The van der Waals surface area contributed by atoms with Gasteiger partial charge >= 0.3 is 0 Å². The van der Waals surface area contributed by atoms with Crippen molar-refractivity contribution in [3.8, 4) is 11.5 Å². The molecule has 9 heteroatoms. The second-order valence-corrected chi connectivity index (χ2v) is 11.4. The third-order valence-electron chi connectivity index (χ3n) is 8.54. The Morgan fingerprint density at radius 3 is 2.10 bits per heavy atom. The normalized spacial score (nSPS) is 23.2. The standard InChI is InChI=1S/C30H32N2O7/c1-29(2)26-17-21-8-13-25(38-18-20-6-11-23(12-7-20)32(36)37)24(16-19-4-9-22(10-5-19)31(34)35)28(21)39-30(26,3)15-14-27(29)33/h4-13,26-27,33H,14-18H2,1-3H3/t26-,27-,30-/m1/s1. The Hall–Kier alpha value is -3.98. The molecule has 0 saturated heterocycles. The second-order valence-electron chi connectivity index (χ2n) is 11.4. The lowest BCUT2D eigenvalue weighted by Gasteiger charge is -2.55. The average molecular weight is 533 g/mol. The van der Waals surface area contributed by atoms with Crippen LogP contribution in [-0.2, 0) is 19.4 Å². The van der Waals surface area contributed by atoms with Gasteiger partial charge in [0.1, 0.15) is 23.7 Å². The Kier molecular flexibility index (Phi) is 6.80. The van der Waals surface area contributed by atoms with Gasteiger partial charge in [-0.2, -0.15) is 0 Å². The smallest absolute Gasteiger partial charge is 0.269 e. The Balaban J connectivity index is 1.51. The number of ether oxygens (including phenoxy) is 2. The number of fused-ring (bicyclic) bond motifs is 2. The summed E-state index contributed by atoms with van der Waals surface area (Å²) in [5, 5.41) is 32.9. The van der Waals surface area contributed by atoms with E-state index in [0.717, 1.165) is 40.8 Å². The summed E-state index contributed by atoms with van der Waals surface area (Å²) in [6.45, 7) is 6.54. The van der Waals surface area contributed by atoms with Gasteiger partial charge in [-0.1, -0.05) is 32.0 Å². The second kappa shape index (κ2) is 9.96. The number of nitrogens with zero attached hydrogens (tertiary/aromatic N) is 2. The van der Waals surface area contributed by atoms with Crippen LogP contribution in [0.2, 0.25) is 0 Å². The molecule has 3 aromatic rings. The summed E-state index contributed by atoms with van der Waals surface area (Å²) in [6, 6.07) is 16.6. The zero-order chi connectivity index (χ0) is 27.9. The van der Waals surface area contributed by atoms with E-state index in [2.05, 4.69) is 20.8 Å². The molecular weight excluding hydrogens is 500 g/mol. The predicted octanol–water partition coefficient (Wildman–Crippen LogP) is 6.16. The first-order chi connectivity index (χ1) is 18.5. The summed E-state index contributed by atoms with van der Waals surface area (Å²) >= 11 is 0. The molecule has 1 aliphatic heterocycles. The van der Waals surface area contributed by atoms with Gasteiger partial charge in [-0.15, -0.1) is 0 Å². The van der Waals surface area contributed by atoms with Crippen LogP contribution in [0.1, 0.15) is 55.9 Å². The van der Waals surface area contributed by atoms with Crippen LogP contribution in [0.5, 0.6) is 11.5 Å². The molecule has 39 heavy (non-hydrogen) atoms. The highest BCUT2D eigenvalue weighted by molar-refractivity contribution is 5.54. The molecule has 9 nitrogen and oxygen atoms in total. The number of hydrogen-bond donors (Lipinski definition) is 1. The highest BCUT2D eigenvalue weighted by Crippen LogP contribution is 2.54. The number of rotatable bonds is 7. The molecule has 3 aromatic carbocycles. The third-order valence-corrected chi connectivity index (χ3v) is 8.54. The van der Waals surface area contributed by atoms with Gasteiger partial charge < -0.3 is 14.6 Å². The van der Waals surface area contributed by atoms with E-state index in [9.17, 15) is 25.3 Å². The van der Waals surface area contributed by atoms with Gasteiger partial charge in [-0.3, -0.25) is 20.2 Å². The quantitative estimate of drug-likeness (QED) is 0.285. The highest BCUT2D eigenvalue weighted by Gasteiger charge is 2.54. The van der Waals surface area contributed by atoms with E-state index in [-0.39, 0.29) is 29.3 Å². The number of nitro groups is 2. The minimum absolute atomic E-state index is 0.0168. The number of aliphatic hydroxyl groups is 1. The molecule has 0 unspecified atom stereocenters. The number of hydrogen-bond acceptors (Lipinski definition) is 7. The van der Waals surface area contributed by atoms with E-state index in [1.54, 1.807) is 24.3 Å². The van der Waals surface area contributed by atoms with Gasteiger partial charge in [-0.05, 0) is 66.5 Å². The third kappa shape index (κ3) is 5.06. The molecular formula is C30H32N2O7.